The van der Waals surface area contributed by atoms with E-state index in [0.29, 0.717) is 48.4 Å². The zero-order chi connectivity index (χ0) is 19.9. The summed E-state index contributed by atoms with van der Waals surface area (Å²) in [4.78, 5) is 25.8. The predicted molar refractivity (Wildman–Crippen MR) is 106 cm³/mol. The maximum Gasteiger partial charge on any atom is 0.305 e. The zero-order valence-corrected chi connectivity index (χ0v) is 18.0. The van der Waals surface area contributed by atoms with Gasteiger partial charge >= 0.3 is 5.97 Å². The van der Waals surface area contributed by atoms with Crippen molar-refractivity contribution < 1.29 is 19.1 Å². The molecule has 0 radical (unpaired) electrons. The van der Waals surface area contributed by atoms with Gasteiger partial charge in [-0.3, -0.25) is 9.59 Å². The Morgan fingerprint density at radius 2 is 1.93 bits per heavy atom. The summed E-state index contributed by atoms with van der Waals surface area (Å²) in [7, 11) is 1.47. The minimum Gasteiger partial charge on any atom is -0.469 e. The number of carbonyl (C=O) groups excluding carboxylic acids is 2. The van der Waals surface area contributed by atoms with Crippen molar-refractivity contribution in [2.24, 2.45) is 40.4 Å². The largest absolute Gasteiger partial charge is 0.469 e. The first-order valence-electron chi connectivity index (χ1n) is 11.5. The van der Waals surface area contributed by atoms with Crippen molar-refractivity contribution >= 4 is 11.8 Å². The second kappa shape index (κ2) is 6.06. The minimum atomic E-state index is -0.512. The molecule has 0 amide bonds. The van der Waals surface area contributed by atoms with E-state index in [1.54, 1.807) is 0 Å². The van der Waals surface area contributed by atoms with E-state index in [1.807, 2.05) is 0 Å². The Morgan fingerprint density at radius 1 is 1.18 bits per heavy atom. The number of Topliss-reactive ketones (excluding diaryl/α,β-unsaturated/α-hetero) is 1. The molecule has 1 spiro atoms. The normalized spacial score (nSPS) is 52.7. The third-order valence-electron chi connectivity index (χ3n) is 10.3. The van der Waals surface area contributed by atoms with Crippen LogP contribution in [0.1, 0.15) is 78.6 Å². The molecule has 4 saturated carbocycles. The highest BCUT2D eigenvalue weighted by molar-refractivity contribution is 5.91. The molecule has 4 bridgehead atoms. The van der Waals surface area contributed by atoms with E-state index in [-0.39, 0.29) is 22.7 Å². The summed E-state index contributed by atoms with van der Waals surface area (Å²) in [6.07, 6.45) is 9.60. The van der Waals surface area contributed by atoms with Crippen molar-refractivity contribution in [3.63, 3.8) is 0 Å². The molecule has 4 nitrogen and oxygen atoms in total. The van der Waals surface area contributed by atoms with Crippen LogP contribution in [0.2, 0.25) is 0 Å². The van der Waals surface area contributed by atoms with Gasteiger partial charge in [0.1, 0.15) is 5.60 Å². The van der Waals surface area contributed by atoms with Crippen LogP contribution < -0.4 is 0 Å². The molecular formula is C24H36O4. The number of carbonyl (C=O) groups is 2. The van der Waals surface area contributed by atoms with E-state index >= 15 is 0 Å². The van der Waals surface area contributed by atoms with Gasteiger partial charge in [-0.25, -0.2) is 0 Å². The SMILES string of the molecule is COC(=O)CC(C)C1CCC2C3CCC4CC5CCC4(C)C3(O5)C(=O)CC12C. The summed E-state index contributed by atoms with van der Waals surface area (Å²) < 4.78 is 11.7. The van der Waals surface area contributed by atoms with Gasteiger partial charge in [0.05, 0.1) is 13.2 Å². The Morgan fingerprint density at radius 3 is 2.68 bits per heavy atom. The molecule has 2 saturated heterocycles. The van der Waals surface area contributed by atoms with Crippen LogP contribution in [0, 0.1) is 40.4 Å². The van der Waals surface area contributed by atoms with Crippen molar-refractivity contribution in [3.8, 4) is 0 Å². The van der Waals surface area contributed by atoms with Crippen LogP contribution in [0.5, 0.6) is 0 Å². The van der Waals surface area contributed by atoms with Gasteiger partial charge in [-0.15, -0.1) is 0 Å². The van der Waals surface area contributed by atoms with Gasteiger partial charge in [-0.05, 0) is 80.0 Å². The molecule has 6 rings (SSSR count). The Balaban J connectivity index is 1.50. The molecule has 0 aromatic rings. The predicted octanol–water partition coefficient (Wildman–Crippen LogP) is 4.54. The number of rotatable bonds is 3. The first kappa shape index (κ1) is 19.1. The van der Waals surface area contributed by atoms with E-state index < -0.39 is 5.60 Å². The highest BCUT2D eigenvalue weighted by Crippen LogP contribution is 2.72. The molecule has 9 unspecified atom stereocenters. The Labute approximate surface area is 169 Å². The molecule has 6 fully saturated rings. The van der Waals surface area contributed by atoms with Gasteiger partial charge in [0.2, 0.25) is 0 Å². The maximum absolute atomic E-state index is 13.9. The molecule has 156 valence electrons. The van der Waals surface area contributed by atoms with Gasteiger partial charge < -0.3 is 9.47 Å². The van der Waals surface area contributed by atoms with Crippen LogP contribution in [-0.4, -0.2) is 30.6 Å². The van der Waals surface area contributed by atoms with Gasteiger partial charge in [-0.1, -0.05) is 20.8 Å². The summed E-state index contributed by atoms with van der Waals surface area (Å²) in [6.45, 7) is 6.91. The zero-order valence-electron chi connectivity index (χ0n) is 18.0. The van der Waals surface area contributed by atoms with Gasteiger partial charge in [0.25, 0.3) is 0 Å². The van der Waals surface area contributed by atoms with Crippen LogP contribution in [0.15, 0.2) is 0 Å². The third kappa shape index (κ3) is 2.16. The molecule has 28 heavy (non-hydrogen) atoms. The molecule has 4 heteroatoms. The standard InChI is InChI=1S/C24H36O4/c1-14(11-21(26)27-4)17-7-8-18-19-6-5-15-12-16-9-10-23(15,3)24(19,28-16)20(25)13-22(17,18)2/h14-19H,5-13H2,1-4H3. The molecule has 9 atom stereocenters. The molecule has 4 aliphatic carbocycles. The lowest BCUT2D eigenvalue weighted by molar-refractivity contribution is -0.307. The topological polar surface area (TPSA) is 52.6 Å². The first-order valence-corrected chi connectivity index (χ1v) is 11.5. The smallest absolute Gasteiger partial charge is 0.305 e. The van der Waals surface area contributed by atoms with E-state index in [2.05, 4.69) is 20.8 Å². The number of hydrogen-bond donors (Lipinski definition) is 0. The Bertz CT molecular complexity index is 703. The number of hydrogen-bond acceptors (Lipinski definition) is 4. The van der Waals surface area contributed by atoms with Gasteiger partial charge in [-0.2, -0.15) is 0 Å². The minimum absolute atomic E-state index is 0.00366. The fourth-order valence-corrected chi connectivity index (χ4v) is 9.08. The second-order valence-corrected chi connectivity index (χ2v) is 11.2. The molecule has 2 aliphatic heterocycles. The lowest BCUT2D eigenvalue weighted by atomic mass is 9.40. The maximum atomic E-state index is 13.9. The van der Waals surface area contributed by atoms with Crippen molar-refractivity contribution in [1.82, 2.24) is 0 Å². The highest BCUT2D eigenvalue weighted by atomic mass is 16.5. The summed E-state index contributed by atoms with van der Waals surface area (Å²) in [5.41, 5.74) is -0.468. The molecule has 0 N–H and O–H groups in total. The summed E-state index contributed by atoms with van der Waals surface area (Å²) in [6, 6.07) is 0. The Kier molecular flexibility index (Phi) is 4.13. The number of fused-ring (bicyclic) bond motifs is 3. The van der Waals surface area contributed by atoms with Gasteiger partial charge in [0, 0.05) is 18.3 Å². The molecule has 0 aromatic heterocycles. The number of esters is 1. The van der Waals surface area contributed by atoms with Crippen molar-refractivity contribution in [1.29, 1.82) is 0 Å². The first-order chi connectivity index (χ1) is 13.3. The lowest BCUT2D eigenvalue weighted by Crippen LogP contribution is -2.75. The molecular weight excluding hydrogens is 352 g/mol. The van der Waals surface area contributed by atoms with Crippen molar-refractivity contribution in [3.05, 3.63) is 0 Å². The third-order valence-corrected chi connectivity index (χ3v) is 10.3. The van der Waals surface area contributed by atoms with Crippen LogP contribution in [0.25, 0.3) is 0 Å². The average molecular weight is 389 g/mol. The second-order valence-electron chi connectivity index (χ2n) is 11.2. The van der Waals surface area contributed by atoms with Crippen LogP contribution in [0.4, 0.5) is 0 Å². The van der Waals surface area contributed by atoms with Crippen LogP contribution >= 0.6 is 0 Å². The molecule has 6 aliphatic rings. The van der Waals surface area contributed by atoms with Crippen molar-refractivity contribution in [2.75, 3.05) is 7.11 Å². The fraction of sp³-hybridized carbons (Fsp3) is 0.917. The Hall–Kier alpha value is -0.900. The van der Waals surface area contributed by atoms with E-state index in [0.717, 1.165) is 25.7 Å². The lowest BCUT2D eigenvalue weighted by Gasteiger charge is -2.70. The summed E-state index contributed by atoms with van der Waals surface area (Å²) in [5.74, 6) is 2.54. The molecule has 0 aromatic carbocycles. The van der Waals surface area contributed by atoms with Gasteiger partial charge in [0.15, 0.2) is 5.78 Å². The average Bonchev–Trinajstić information content (AvgIpc) is 2.98. The van der Waals surface area contributed by atoms with E-state index in [1.165, 1.54) is 26.4 Å². The fourth-order valence-electron chi connectivity index (χ4n) is 9.08. The quantitative estimate of drug-likeness (QED) is 0.666. The number of methoxy groups -OCH3 is 1. The van der Waals surface area contributed by atoms with E-state index in [4.69, 9.17) is 9.47 Å². The van der Waals surface area contributed by atoms with Crippen molar-refractivity contribution in [2.45, 2.75) is 90.3 Å². The summed E-state index contributed by atoms with van der Waals surface area (Å²) >= 11 is 0. The van der Waals surface area contributed by atoms with Crippen LogP contribution in [0.3, 0.4) is 0 Å². The monoisotopic (exact) mass is 388 g/mol. The van der Waals surface area contributed by atoms with E-state index in [9.17, 15) is 9.59 Å². The molecule has 2 heterocycles. The highest BCUT2D eigenvalue weighted by Gasteiger charge is 2.74. The van der Waals surface area contributed by atoms with Crippen LogP contribution in [-0.2, 0) is 19.1 Å². The summed E-state index contributed by atoms with van der Waals surface area (Å²) in [5, 5.41) is 0. The number of ether oxygens (including phenoxy) is 2. The number of ketones is 1.